The van der Waals surface area contributed by atoms with E-state index in [2.05, 4.69) is 10.1 Å². The molecule has 0 rings (SSSR count). The van der Waals surface area contributed by atoms with Gasteiger partial charge < -0.3 is 25.0 Å². The number of nitrogens with one attached hydrogen (secondary N) is 1. The van der Waals surface area contributed by atoms with Gasteiger partial charge in [-0.3, -0.25) is 14.4 Å². The predicted molar refractivity (Wildman–Crippen MR) is 83.4 cm³/mol. The van der Waals surface area contributed by atoms with Crippen molar-refractivity contribution in [2.45, 2.75) is 47.1 Å². The normalized spacial score (nSPS) is 11.8. The zero-order valence-electron chi connectivity index (χ0n) is 14.5. The molecule has 8 heteroatoms. The van der Waals surface area contributed by atoms with Gasteiger partial charge in [0.1, 0.15) is 6.10 Å². The third-order valence-electron chi connectivity index (χ3n) is 2.69. The second kappa shape index (κ2) is 13.0. The topological polar surface area (TPSA) is 122 Å². The van der Waals surface area contributed by atoms with Gasteiger partial charge in [-0.15, -0.1) is 0 Å². The first-order chi connectivity index (χ1) is 10.6. The standard InChI is InChI=1S/C11H19NO6.C4H10O/c1-7(14)18-8(15)4-5-12-10(17)9(16)11(2,3)6-13;1-3-5-4-2/h9,13,16H,4-6H2,1-3H3,(H,12,17);3-4H2,1-2H3/t9-;/m0./s1. The summed E-state index contributed by atoms with van der Waals surface area (Å²) in [6.45, 7) is 9.42. The molecule has 0 radical (unpaired) electrons. The largest absolute Gasteiger partial charge is 0.396 e. The molecule has 0 aromatic rings. The maximum absolute atomic E-state index is 11.5. The van der Waals surface area contributed by atoms with E-state index >= 15 is 0 Å². The molecule has 0 aromatic heterocycles. The minimum atomic E-state index is -1.38. The summed E-state index contributed by atoms with van der Waals surface area (Å²) in [6, 6.07) is 0. The number of aliphatic hydroxyl groups excluding tert-OH is 2. The summed E-state index contributed by atoms with van der Waals surface area (Å²) >= 11 is 0. The van der Waals surface area contributed by atoms with Crippen LogP contribution in [0.3, 0.4) is 0 Å². The lowest BCUT2D eigenvalue weighted by Crippen LogP contribution is -2.46. The van der Waals surface area contributed by atoms with Crippen LogP contribution in [0.25, 0.3) is 0 Å². The Morgan fingerprint density at radius 1 is 1.17 bits per heavy atom. The monoisotopic (exact) mass is 335 g/mol. The van der Waals surface area contributed by atoms with Crippen molar-refractivity contribution in [1.82, 2.24) is 5.32 Å². The van der Waals surface area contributed by atoms with Crippen LogP contribution in [0.5, 0.6) is 0 Å². The fourth-order valence-corrected chi connectivity index (χ4v) is 1.24. The van der Waals surface area contributed by atoms with Crippen molar-refractivity contribution in [3.8, 4) is 0 Å². The maximum Gasteiger partial charge on any atom is 0.315 e. The molecule has 0 unspecified atom stereocenters. The Labute approximate surface area is 137 Å². The highest BCUT2D eigenvalue weighted by molar-refractivity contribution is 5.85. The fourth-order valence-electron chi connectivity index (χ4n) is 1.24. The third-order valence-corrected chi connectivity index (χ3v) is 2.69. The molecule has 0 saturated heterocycles. The number of carbonyl (C=O) groups is 3. The average molecular weight is 335 g/mol. The maximum atomic E-state index is 11.5. The van der Waals surface area contributed by atoms with Crippen molar-refractivity contribution >= 4 is 17.8 Å². The van der Waals surface area contributed by atoms with E-state index in [1.54, 1.807) is 0 Å². The fraction of sp³-hybridized carbons (Fsp3) is 0.800. The molecule has 0 aliphatic rings. The minimum absolute atomic E-state index is 0.0521. The van der Waals surface area contributed by atoms with Gasteiger partial charge in [-0.05, 0) is 13.8 Å². The van der Waals surface area contributed by atoms with E-state index in [1.165, 1.54) is 13.8 Å². The second-order valence-electron chi connectivity index (χ2n) is 5.34. The van der Waals surface area contributed by atoms with Gasteiger partial charge in [0.2, 0.25) is 5.91 Å². The molecule has 1 amide bonds. The van der Waals surface area contributed by atoms with Crippen LogP contribution in [0.1, 0.15) is 41.0 Å². The number of hydrogen-bond acceptors (Lipinski definition) is 7. The van der Waals surface area contributed by atoms with Crippen molar-refractivity contribution in [2.24, 2.45) is 5.41 Å². The summed E-state index contributed by atoms with van der Waals surface area (Å²) in [5, 5.41) is 20.9. The Morgan fingerprint density at radius 3 is 2.04 bits per heavy atom. The molecule has 23 heavy (non-hydrogen) atoms. The van der Waals surface area contributed by atoms with Crippen LogP contribution < -0.4 is 5.32 Å². The predicted octanol–water partition coefficient (Wildman–Crippen LogP) is 0.00460. The minimum Gasteiger partial charge on any atom is -0.396 e. The van der Waals surface area contributed by atoms with E-state index in [1.807, 2.05) is 13.8 Å². The molecular formula is C15H29NO7. The molecular weight excluding hydrogens is 306 g/mol. The number of ether oxygens (including phenoxy) is 2. The Bertz CT molecular complexity index is 367. The Balaban J connectivity index is 0. The molecule has 136 valence electrons. The second-order valence-corrected chi connectivity index (χ2v) is 5.34. The highest BCUT2D eigenvalue weighted by atomic mass is 16.6. The van der Waals surface area contributed by atoms with Crippen molar-refractivity contribution in [3.05, 3.63) is 0 Å². The number of carbonyl (C=O) groups excluding carboxylic acids is 3. The van der Waals surface area contributed by atoms with Gasteiger partial charge in [0, 0.05) is 32.1 Å². The summed E-state index contributed by atoms with van der Waals surface area (Å²) in [5.74, 6) is -2.16. The highest BCUT2D eigenvalue weighted by Crippen LogP contribution is 2.19. The SMILES string of the molecule is CC(=O)OC(=O)CCNC(=O)[C@H](O)C(C)(C)CO.CCOCC. The van der Waals surface area contributed by atoms with E-state index in [4.69, 9.17) is 9.84 Å². The lowest BCUT2D eigenvalue weighted by atomic mass is 9.87. The smallest absolute Gasteiger partial charge is 0.315 e. The van der Waals surface area contributed by atoms with E-state index in [0.29, 0.717) is 0 Å². The zero-order valence-corrected chi connectivity index (χ0v) is 14.5. The van der Waals surface area contributed by atoms with Crippen molar-refractivity contribution in [1.29, 1.82) is 0 Å². The summed E-state index contributed by atoms with van der Waals surface area (Å²) in [7, 11) is 0. The molecule has 1 atom stereocenters. The van der Waals surface area contributed by atoms with Crippen LogP contribution >= 0.6 is 0 Å². The Morgan fingerprint density at radius 2 is 1.70 bits per heavy atom. The average Bonchev–Trinajstić information content (AvgIpc) is 2.47. The summed E-state index contributed by atoms with van der Waals surface area (Å²) in [4.78, 5) is 32.9. The van der Waals surface area contributed by atoms with Crippen LogP contribution in [0.15, 0.2) is 0 Å². The quantitative estimate of drug-likeness (QED) is 0.422. The number of aliphatic hydroxyl groups is 2. The highest BCUT2D eigenvalue weighted by Gasteiger charge is 2.32. The van der Waals surface area contributed by atoms with Crippen LogP contribution in [0.2, 0.25) is 0 Å². The molecule has 0 aromatic carbocycles. The van der Waals surface area contributed by atoms with Gasteiger partial charge in [-0.25, -0.2) is 0 Å². The number of hydrogen-bond donors (Lipinski definition) is 3. The van der Waals surface area contributed by atoms with Gasteiger partial charge in [0.25, 0.3) is 0 Å². The van der Waals surface area contributed by atoms with Crippen LogP contribution in [-0.2, 0) is 23.9 Å². The molecule has 3 N–H and O–H groups in total. The first-order valence-electron chi connectivity index (χ1n) is 7.47. The van der Waals surface area contributed by atoms with Crippen molar-refractivity contribution in [2.75, 3.05) is 26.4 Å². The molecule has 0 fully saturated rings. The van der Waals surface area contributed by atoms with E-state index in [0.717, 1.165) is 20.1 Å². The Kier molecular flexibility index (Phi) is 13.4. The zero-order chi connectivity index (χ0) is 18.5. The lowest BCUT2D eigenvalue weighted by molar-refractivity contribution is -0.157. The van der Waals surface area contributed by atoms with Crippen LogP contribution in [-0.4, -0.2) is 60.5 Å². The van der Waals surface area contributed by atoms with Gasteiger partial charge in [0.15, 0.2) is 0 Å². The lowest BCUT2D eigenvalue weighted by Gasteiger charge is -2.27. The molecule has 0 spiro atoms. The summed E-state index contributed by atoms with van der Waals surface area (Å²) in [6.07, 6.45) is -1.55. The first-order valence-corrected chi connectivity index (χ1v) is 7.47. The van der Waals surface area contributed by atoms with Crippen molar-refractivity contribution < 1.29 is 34.1 Å². The van der Waals surface area contributed by atoms with Gasteiger partial charge in [-0.2, -0.15) is 0 Å². The third kappa shape index (κ3) is 12.7. The molecule has 0 bridgehead atoms. The summed E-state index contributed by atoms with van der Waals surface area (Å²) < 4.78 is 9.08. The molecule has 0 heterocycles. The van der Waals surface area contributed by atoms with Crippen LogP contribution in [0, 0.1) is 5.41 Å². The number of amides is 1. The van der Waals surface area contributed by atoms with Gasteiger partial charge in [0.05, 0.1) is 13.0 Å². The molecule has 0 aliphatic heterocycles. The molecule has 8 nitrogen and oxygen atoms in total. The van der Waals surface area contributed by atoms with E-state index < -0.39 is 29.4 Å². The van der Waals surface area contributed by atoms with Gasteiger partial charge >= 0.3 is 11.9 Å². The van der Waals surface area contributed by atoms with Crippen molar-refractivity contribution in [3.63, 3.8) is 0 Å². The summed E-state index contributed by atoms with van der Waals surface area (Å²) in [5.41, 5.74) is -0.968. The molecule has 0 saturated carbocycles. The van der Waals surface area contributed by atoms with Crippen LogP contribution in [0.4, 0.5) is 0 Å². The van der Waals surface area contributed by atoms with Gasteiger partial charge in [-0.1, -0.05) is 13.8 Å². The number of esters is 2. The first kappa shape index (κ1) is 23.8. The van der Waals surface area contributed by atoms with E-state index in [9.17, 15) is 19.5 Å². The molecule has 0 aliphatic carbocycles. The Hall–Kier alpha value is -1.51. The van der Waals surface area contributed by atoms with E-state index in [-0.39, 0.29) is 19.6 Å². The number of rotatable bonds is 8.